The van der Waals surface area contributed by atoms with E-state index in [-0.39, 0.29) is 18.2 Å². The smallest absolute Gasteiger partial charge is 0.259 e. The lowest BCUT2D eigenvalue weighted by Gasteiger charge is -2.22. The first-order chi connectivity index (χ1) is 7.18. The topological polar surface area (TPSA) is 46.9 Å². The number of nitrogens with zero attached hydrogens (tertiary/aromatic N) is 2. The van der Waals surface area contributed by atoms with Crippen LogP contribution in [0.4, 0.5) is 8.78 Å². The number of nitrogens with one attached hydrogen (secondary N) is 1. The van der Waals surface area contributed by atoms with Crippen molar-refractivity contribution >= 4 is 5.91 Å². The van der Waals surface area contributed by atoms with Gasteiger partial charge in [0, 0.05) is 31.3 Å². The number of carbonyl (C=O) groups is 1. The lowest BCUT2D eigenvalue weighted by Crippen LogP contribution is -2.26. The van der Waals surface area contributed by atoms with Crippen LogP contribution in [0.15, 0.2) is 18.7 Å². The Morgan fingerprint density at radius 3 is 2.87 bits per heavy atom. The Kier molecular flexibility index (Phi) is 2.66. The Balaban J connectivity index is 2.17. The van der Waals surface area contributed by atoms with Gasteiger partial charge >= 0.3 is 0 Å². The number of aromatic nitrogens is 2. The fourth-order valence-electron chi connectivity index (χ4n) is 1.89. The Bertz CT molecular complexity index is 339. The average Bonchev–Trinajstić information content (AvgIpc) is 2.77. The third-order valence-electron chi connectivity index (χ3n) is 2.62. The van der Waals surface area contributed by atoms with Gasteiger partial charge in [-0.25, -0.2) is 13.8 Å². The Morgan fingerprint density at radius 1 is 1.60 bits per heavy atom. The molecule has 1 N–H and O–H groups in total. The molecule has 2 heterocycles. The van der Waals surface area contributed by atoms with Gasteiger partial charge in [0.05, 0.1) is 6.33 Å². The number of halogens is 2. The number of imidazole rings is 1. The fraction of sp³-hybridized carbons (Fsp3) is 0.556. The largest absolute Gasteiger partial charge is 0.356 e. The maximum Gasteiger partial charge on any atom is 0.259 e. The minimum Gasteiger partial charge on any atom is -0.356 e. The monoisotopic (exact) mass is 215 g/mol. The standard InChI is InChI=1S/C9H11F2N3O/c10-9(11)8(14-2-1-12-5-14)6-3-7(15)13-4-6/h1-2,5-6,8-9H,3-4H2,(H,13,15). The molecule has 1 amide bonds. The first-order valence-corrected chi connectivity index (χ1v) is 4.71. The highest BCUT2D eigenvalue weighted by atomic mass is 19.3. The van der Waals surface area contributed by atoms with Crippen molar-refractivity contribution in [1.82, 2.24) is 14.9 Å². The SMILES string of the molecule is O=C1CC(C(C(F)F)n2ccnc2)CN1. The van der Waals surface area contributed by atoms with Crippen LogP contribution in [0.5, 0.6) is 0 Å². The second-order valence-electron chi connectivity index (χ2n) is 3.60. The molecule has 2 unspecified atom stereocenters. The molecular formula is C9H11F2N3O. The summed E-state index contributed by atoms with van der Waals surface area (Å²) in [6.45, 7) is 0.312. The Hall–Kier alpha value is -1.46. The number of hydrogen-bond donors (Lipinski definition) is 1. The van der Waals surface area contributed by atoms with Crippen molar-refractivity contribution in [2.45, 2.75) is 18.9 Å². The molecule has 0 radical (unpaired) electrons. The molecule has 0 aromatic carbocycles. The molecule has 2 atom stereocenters. The van der Waals surface area contributed by atoms with E-state index in [0.29, 0.717) is 6.54 Å². The third-order valence-corrected chi connectivity index (χ3v) is 2.62. The summed E-state index contributed by atoms with van der Waals surface area (Å²) in [5, 5.41) is 2.56. The van der Waals surface area contributed by atoms with E-state index >= 15 is 0 Å². The van der Waals surface area contributed by atoms with Gasteiger partial charge < -0.3 is 9.88 Å². The molecule has 0 saturated carbocycles. The van der Waals surface area contributed by atoms with Crippen LogP contribution in [-0.4, -0.2) is 28.4 Å². The first kappa shape index (κ1) is 10.1. The number of alkyl halides is 2. The molecule has 0 spiro atoms. The molecule has 0 aliphatic carbocycles. The zero-order chi connectivity index (χ0) is 10.8. The van der Waals surface area contributed by atoms with E-state index in [4.69, 9.17) is 0 Å². The van der Waals surface area contributed by atoms with Crippen LogP contribution in [0.1, 0.15) is 12.5 Å². The second kappa shape index (κ2) is 3.96. The molecule has 6 heteroatoms. The zero-order valence-corrected chi connectivity index (χ0v) is 7.94. The molecule has 2 rings (SSSR count). The van der Waals surface area contributed by atoms with Crippen LogP contribution in [0.3, 0.4) is 0 Å². The number of carbonyl (C=O) groups excluding carboxylic acids is 1. The predicted octanol–water partition coefficient (Wildman–Crippen LogP) is 0.825. The maximum atomic E-state index is 12.9. The summed E-state index contributed by atoms with van der Waals surface area (Å²) in [4.78, 5) is 14.7. The highest BCUT2D eigenvalue weighted by Gasteiger charge is 2.35. The van der Waals surface area contributed by atoms with Gasteiger partial charge in [-0.3, -0.25) is 4.79 Å². The van der Waals surface area contributed by atoms with Crippen molar-refractivity contribution in [2.24, 2.45) is 5.92 Å². The molecule has 1 aromatic rings. The molecule has 4 nitrogen and oxygen atoms in total. The van der Waals surface area contributed by atoms with Crippen LogP contribution in [0, 0.1) is 5.92 Å². The van der Waals surface area contributed by atoms with Crippen molar-refractivity contribution < 1.29 is 13.6 Å². The van der Waals surface area contributed by atoms with Crippen LogP contribution in [-0.2, 0) is 4.79 Å². The molecule has 0 bridgehead atoms. The Morgan fingerprint density at radius 2 is 2.40 bits per heavy atom. The molecule has 15 heavy (non-hydrogen) atoms. The average molecular weight is 215 g/mol. The molecular weight excluding hydrogens is 204 g/mol. The summed E-state index contributed by atoms with van der Waals surface area (Å²) in [5.74, 6) is -0.516. The van der Waals surface area contributed by atoms with E-state index in [1.807, 2.05) is 0 Å². The first-order valence-electron chi connectivity index (χ1n) is 4.71. The molecule has 1 fully saturated rings. The van der Waals surface area contributed by atoms with E-state index in [1.165, 1.54) is 23.3 Å². The number of amides is 1. The van der Waals surface area contributed by atoms with Gasteiger partial charge in [-0.1, -0.05) is 0 Å². The van der Waals surface area contributed by atoms with Gasteiger partial charge in [-0.2, -0.15) is 0 Å². The van der Waals surface area contributed by atoms with Crippen molar-refractivity contribution in [3.8, 4) is 0 Å². The van der Waals surface area contributed by atoms with Gasteiger partial charge in [0.15, 0.2) is 0 Å². The minimum absolute atomic E-state index is 0.160. The van der Waals surface area contributed by atoms with Crippen molar-refractivity contribution in [3.05, 3.63) is 18.7 Å². The van der Waals surface area contributed by atoms with Crippen molar-refractivity contribution in [2.75, 3.05) is 6.54 Å². The molecule has 1 saturated heterocycles. The van der Waals surface area contributed by atoms with E-state index in [9.17, 15) is 13.6 Å². The third kappa shape index (κ3) is 1.98. The van der Waals surface area contributed by atoms with Gasteiger partial charge in [0.2, 0.25) is 5.91 Å². The highest BCUT2D eigenvalue weighted by Crippen LogP contribution is 2.29. The molecule has 1 aliphatic heterocycles. The second-order valence-corrected chi connectivity index (χ2v) is 3.60. The lowest BCUT2D eigenvalue weighted by atomic mass is 9.99. The van der Waals surface area contributed by atoms with Crippen LogP contribution in [0.25, 0.3) is 0 Å². The van der Waals surface area contributed by atoms with E-state index < -0.39 is 12.5 Å². The molecule has 1 aliphatic rings. The van der Waals surface area contributed by atoms with E-state index in [1.54, 1.807) is 0 Å². The normalized spacial score (nSPS) is 23.1. The van der Waals surface area contributed by atoms with Gasteiger partial charge in [-0.15, -0.1) is 0 Å². The van der Waals surface area contributed by atoms with E-state index in [2.05, 4.69) is 10.3 Å². The summed E-state index contributed by atoms with van der Waals surface area (Å²) >= 11 is 0. The fourth-order valence-corrected chi connectivity index (χ4v) is 1.89. The quantitative estimate of drug-likeness (QED) is 0.811. The number of rotatable bonds is 3. The van der Waals surface area contributed by atoms with Crippen LogP contribution >= 0.6 is 0 Å². The highest BCUT2D eigenvalue weighted by molar-refractivity contribution is 5.78. The van der Waals surface area contributed by atoms with Gasteiger partial charge in [0.25, 0.3) is 6.43 Å². The minimum atomic E-state index is -2.49. The van der Waals surface area contributed by atoms with Crippen LogP contribution < -0.4 is 5.32 Å². The van der Waals surface area contributed by atoms with Crippen molar-refractivity contribution in [1.29, 1.82) is 0 Å². The van der Waals surface area contributed by atoms with Gasteiger partial charge in [0.1, 0.15) is 6.04 Å². The van der Waals surface area contributed by atoms with Crippen LogP contribution in [0.2, 0.25) is 0 Å². The lowest BCUT2D eigenvalue weighted by molar-refractivity contribution is -0.119. The van der Waals surface area contributed by atoms with E-state index in [0.717, 1.165) is 0 Å². The number of hydrogen-bond acceptors (Lipinski definition) is 2. The summed E-state index contributed by atoms with van der Waals surface area (Å²) in [6.07, 6.45) is 1.99. The zero-order valence-electron chi connectivity index (χ0n) is 7.94. The van der Waals surface area contributed by atoms with Gasteiger partial charge in [-0.05, 0) is 0 Å². The van der Waals surface area contributed by atoms with Crippen molar-refractivity contribution in [3.63, 3.8) is 0 Å². The Labute approximate surface area is 85.3 Å². The summed E-state index contributed by atoms with van der Waals surface area (Å²) in [7, 11) is 0. The molecule has 1 aromatic heterocycles. The predicted molar refractivity (Wildman–Crippen MR) is 48.4 cm³/mol. The summed E-state index contributed by atoms with van der Waals surface area (Å²) < 4.78 is 27.1. The molecule has 82 valence electrons. The maximum absolute atomic E-state index is 12.9. The summed E-state index contributed by atoms with van der Waals surface area (Å²) in [5.41, 5.74) is 0. The summed E-state index contributed by atoms with van der Waals surface area (Å²) in [6, 6.07) is -0.966.